The molecule has 0 aromatic heterocycles. The monoisotopic (exact) mass is 188 g/mol. The van der Waals surface area contributed by atoms with E-state index in [9.17, 15) is 5.11 Å². The van der Waals surface area contributed by atoms with Crippen molar-refractivity contribution in [2.24, 2.45) is 4.99 Å². The Labute approximate surface area is 82.7 Å². The number of benzene rings is 1. The average molecular weight is 188 g/mol. The van der Waals surface area contributed by atoms with Crippen LogP contribution in [0.3, 0.4) is 0 Å². The lowest BCUT2D eigenvalue weighted by Gasteiger charge is -2.32. The van der Waals surface area contributed by atoms with Gasteiger partial charge in [0, 0.05) is 18.5 Å². The smallest absolute Gasteiger partial charge is 0.133 e. The second-order valence-electron chi connectivity index (χ2n) is 3.74. The Morgan fingerprint density at radius 3 is 3.14 bits per heavy atom. The Morgan fingerprint density at radius 1 is 1.36 bits per heavy atom. The largest absolute Gasteiger partial charge is 0.373 e. The zero-order valence-electron chi connectivity index (χ0n) is 7.85. The molecule has 3 rings (SSSR count). The van der Waals surface area contributed by atoms with Gasteiger partial charge in [0.25, 0.3) is 0 Å². The molecule has 0 aliphatic carbocycles. The van der Waals surface area contributed by atoms with Gasteiger partial charge in [0.15, 0.2) is 0 Å². The van der Waals surface area contributed by atoms with Gasteiger partial charge in [-0.15, -0.1) is 0 Å². The molecule has 2 heterocycles. The summed E-state index contributed by atoms with van der Waals surface area (Å²) in [5.41, 5.74) is 2.40. The van der Waals surface area contributed by atoms with E-state index in [2.05, 4.69) is 17.1 Å². The Balaban J connectivity index is 2.15. The lowest BCUT2D eigenvalue weighted by molar-refractivity contribution is 0.0574. The van der Waals surface area contributed by atoms with Gasteiger partial charge in [-0.05, 0) is 5.56 Å². The molecule has 0 amide bonds. The molecule has 0 radical (unpaired) electrons. The van der Waals surface area contributed by atoms with Crippen LogP contribution in [-0.4, -0.2) is 35.2 Å². The van der Waals surface area contributed by atoms with Gasteiger partial charge in [0.2, 0.25) is 0 Å². The van der Waals surface area contributed by atoms with Crippen LogP contribution in [0.1, 0.15) is 11.1 Å². The summed E-state index contributed by atoms with van der Waals surface area (Å²) in [5, 5.41) is 9.87. The Hall–Kier alpha value is -1.35. The molecule has 0 spiro atoms. The molecule has 2 aliphatic heterocycles. The topological polar surface area (TPSA) is 35.8 Å². The Bertz CT molecular complexity index is 400. The predicted molar refractivity (Wildman–Crippen MR) is 54.3 cm³/mol. The van der Waals surface area contributed by atoms with E-state index in [4.69, 9.17) is 0 Å². The maximum Gasteiger partial charge on any atom is 0.133 e. The quantitative estimate of drug-likeness (QED) is 0.648. The van der Waals surface area contributed by atoms with Crippen LogP contribution in [0.5, 0.6) is 0 Å². The van der Waals surface area contributed by atoms with E-state index in [1.807, 2.05) is 17.0 Å². The molecule has 1 atom stereocenters. The first-order valence-electron chi connectivity index (χ1n) is 4.94. The number of aliphatic hydroxyl groups excluding tert-OH is 1. The van der Waals surface area contributed by atoms with Crippen LogP contribution in [-0.2, 0) is 6.42 Å². The van der Waals surface area contributed by atoms with E-state index in [1.165, 1.54) is 11.1 Å². The van der Waals surface area contributed by atoms with Gasteiger partial charge >= 0.3 is 0 Å². The van der Waals surface area contributed by atoms with Crippen molar-refractivity contribution in [3.05, 3.63) is 35.4 Å². The standard InChI is InChI=1S/C11H12N2O/c14-10-7-8-3-1-2-4-9(8)11-12-5-6-13(10)11/h1-4,10,14H,5-7H2. The molecule has 1 aromatic rings. The Kier molecular flexibility index (Phi) is 1.61. The zero-order valence-corrected chi connectivity index (χ0v) is 7.85. The zero-order chi connectivity index (χ0) is 9.54. The van der Waals surface area contributed by atoms with E-state index in [-0.39, 0.29) is 6.23 Å². The predicted octanol–water partition coefficient (Wildman–Crippen LogP) is 0.623. The summed E-state index contributed by atoms with van der Waals surface area (Å²) in [7, 11) is 0. The van der Waals surface area contributed by atoms with E-state index in [1.54, 1.807) is 0 Å². The third kappa shape index (κ3) is 0.990. The van der Waals surface area contributed by atoms with E-state index in [0.29, 0.717) is 0 Å². The highest BCUT2D eigenvalue weighted by atomic mass is 16.3. The molecule has 0 bridgehead atoms. The highest BCUT2D eigenvalue weighted by molar-refractivity contribution is 6.02. The van der Waals surface area contributed by atoms with Crippen molar-refractivity contribution in [2.75, 3.05) is 13.1 Å². The molecule has 0 saturated carbocycles. The van der Waals surface area contributed by atoms with Crippen molar-refractivity contribution in [3.8, 4) is 0 Å². The maximum atomic E-state index is 9.87. The fourth-order valence-electron chi connectivity index (χ4n) is 2.21. The summed E-state index contributed by atoms with van der Waals surface area (Å²) in [4.78, 5) is 6.42. The van der Waals surface area contributed by atoms with Crippen molar-refractivity contribution >= 4 is 5.84 Å². The molecule has 2 aliphatic rings. The number of rotatable bonds is 0. The van der Waals surface area contributed by atoms with Crippen molar-refractivity contribution in [2.45, 2.75) is 12.6 Å². The Morgan fingerprint density at radius 2 is 2.21 bits per heavy atom. The van der Waals surface area contributed by atoms with E-state index >= 15 is 0 Å². The van der Waals surface area contributed by atoms with Crippen molar-refractivity contribution in [3.63, 3.8) is 0 Å². The molecule has 1 N–H and O–H groups in total. The second kappa shape index (κ2) is 2.82. The average Bonchev–Trinajstić information content (AvgIpc) is 2.67. The van der Waals surface area contributed by atoms with Crippen LogP contribution in [0.4, 0.5) is 0 Å². The van der Waals surface area contributed by atoms with Gasteiger partial charge in [0.1, 0.15) is 12.1 Å². The molecular weight excluding hydrogens is 176 g/mol. The molecular formula is C11H12N2O. The fourth-order valence-corrected chi connectivity index (χ4v) is 2.21. The molecule has 1 aromatic carbocycles. The molecule has 1 unspecified atom stereocenters. The number of fused-ring (bicyclic) bond motifs is 3. The summed E-state index contributed by atoms with van der Waals surface area (Å²) in [6.45, 7) is 1.66. The first-order chi connectivity index (χ1) is 6.86. The molecule has 0 fully saturated rings. The normalized spacial score (nSPS) is 24.2. The number of aliphatic hydroxyl groups is 1. The van der Waals surface area contributed by atoms with Gasteiger partial charge in [-0.3, -0.25) is 4.99 Å². The maximum absolute atomic E-state index is 9.87. The van der Waals surface area contributed by atoms with Crippen LogP contribution >= 0.6 is 0 Å². The SMILES string of the molecule is OC1Cc2ccccc2C2=NCCN21. The van der Waals surface area contributed by atoms with Gasteiger partial charge in [-0.25, -0.2) is 0 Å². The molecule has 3 heteroatoms. The number of hydrogen-bond donors (Lipinski definition) is 1. The summed E-state index contributed by atoms with van der Waals surface area (Å²) in [6, 6.07) is 8.18. The lowest BCUT2D eigenvalue weighted by Crippen LogP contribution is -2.43. The number of aliphatic imine (C=N–C) groups is 1. The van der Waals surface area contributed by atoms with Crippen molar-refractivity contribution in [1.29, 1.82) is 0 Å². The van der Waals surface area contributed by atoms with Gasteiger partial charge in [-0.2, -0.15) is 0 Å². The minimum absolute atomic E-state index is 0.383. The summed E-state index contributed by atoms with van der Waals surface area (Å²) in [6.07, 6.45) is 0.334. The van der Waals surface area contributed by atoms with Crippen molar-refractivity contribution < 1.29 is 5.11 Å². The second-order valence-corrected chi connectivity index (χ2v) is 3.74. The van der Waals surface area contributed by atoms with E-state index in [0.717, 1.165) is 25.3 Å². The minimum Gasteiger partial charge on any atom is -0.373 e. The number of amidine groups is 1. The third-order valence-corrected chi connectivity index (χ3v) is 2.90. The van der Waals surface area contributed by atoms with Crippen LogP contribution in [0, 0.1) is 0 Å². The highest BCUT2D eigenvalue weighted by Crippen LogP contribution is 2.24. The third-order valence-electron chi connectivity index (χ3n) is 2.90. The highest BCUT2D eigenvalue weighted by Gasteiger charge is 2.31. The van der Waals surface area contributed by atoms with Crippen LogP contribution < -0.4 is 0 Å². The number of nitrogens with zero attached hydrogens (tertiary/aromatic N) is 2. The summed E-state index contributed by atoms with van der Waals surface area (Å²) >= 11 is 0. The summed E-state index contributed by atoms with van der Waals surface area (Å²) < 4.78 is 0. The first kappa shape index (κ1) is 8.00. The summed E-state index contributed by atoms with van der Waals surface area (Å²) in [5.74, 6) is 0.972. The first-order valence-corrected chi connectivity index (χ1v) is 4.94. The molecule has 72 valence electrons. The van der Waals surface area contributed by atoms with Crippen LogP contribution in [0.15, 0.2) is 29.3 Å². The van der Waals surface area contributed by atoms with E-state index < -0.39 is 0 Å². The van der Waals surface area contributed by atoms with Gasteiger partial charge < -0.3 is 10.0 Å². The molecule has 3 nitrogen and oxygen atoms in total. The lowest BCUT2D eigenvalue weighted by atomic mass is 9.98. The number of hydrogen-bond acceptors (Lipinski definition) is 3. The molecule has 14 heavy (non-hydrogen) atoms. The fraction of sp³-hybridized carbons (Fsp3) is 0.364. The molecule has 0 saturated heterocycles. The van der Waals surface area contributed by atoms with Crippen molar-refractivity contribution in [1.82, 2.24) is 4.90 Å². The van der Waals surface area contributed by atoms with Crippen LogP contribution in [0.25, 0.3) is 0 Å². The minimum atomic E-state index is -0.383. The van der Waals surface area contributed by atoms with Gasteiger partial charge in [0.05, 0.1) is 6.54 Å². The van der Waals surface area contributed by atoms with Crippen LogP contribution in [0.2, 0.25) is 0 Å². The van der Waals surface area contributed by atoms with Gasteiger partial charge in [-0.1, -0.05) is 24.3 Å².